The van der Waals surface area contributed by atoms with E-state index < -0.39 is 0 Å². The van der Waals surface area contributed by atoms with Crippen molar-refractivity contribution in [3.63, 3.8) is 0 Å². The van der Waals surface area contributed by atoms with E-state index in [1.54, 1.807) is 16.4 Å². The van der Waals surface area contributed by atoms with Crippen LogP contribution < -0.4 is 0 Å². The topological polar surface area (TPSA) is 63.3 Å². The lowest BCUT2D eigenvalue weighted by molar-refractivity contribution is 0.423. The maximum absolute atomic E-state index is 10.9. The highest BCUT2D eigenvalue weighted by Gasteiger charge is 2.28. The van der Waals surface area contributed by atoms with E-state index in [1.165, 1.54) is 0 Å². The number of phenolic OH excluding ortho intramolecular Hbond substituents is 1. The maximum atomic E-state index is 10.9. The minimum atomic E-state index is -0.153. The Morgan fingerprint density at radius 2 is 1.54 bits per heavy atom. The molecule has 0 aliphatic carbocycles. The molecule has 7 heteroatoms. The number of nitrogens with zero attached hydrogens (tertiary/aromatic N) is 4. The number of thioether (sulfide) groups is 1. The number of aromatic nitrogens is 3. The van der Waals surface area contributed by atoms with E-state index in [0.717, 1.165) is 39.1 Å². The molecule has 1 aliphatic heterocycles. The molecule has 1 aromatic heterocycles. The Morgan fingerprint density at radius 3 is 2.04 bits per heavy atom. The molecule has 1 N–H and O–H groups in total. The molecular formula is C19H27BrN4OS. The summed E-state index contributed by atoms with van der Waals surface area (Å²) in [7, 11) is 0. The van der Waals surface area contributed by atoms with Crippen LogP contribution in [0.5, 0.6) is 5.75 Å². The summed E-state index contributed by atoms with van der Waals surface area (Å²) in [4.78, 5) is 0. The summed E-state index contributed by atoms with van der Waals surface area (Å²) in [5, 5.41) is 24.7. The minimum absolute atomic E-state index is 0. The largest absolute Gasteiger partial charge is 0.507 e. The number of fused-ring (bicyclic) bond motifs is 1. The smallest absolute Gasteiger partial charge is 0.212 e. The summed E-state index contributed by atoms with van der Waals surface area (Å²) in [5.74, 6) is 1.93. The molecule has 0 bridgehead atoms. The molecule has 0 fully saturated rings. The molecule has 26 heavy (non-hydrogen) atoms. The molecule has 2 aromatic rings. The van der Waals surface area contributed by atoms with Crippen molar-refractivity contribution in [1.82, 2.24) is 14.9 Å². The molecule has 0 saturated carbocycles. The molecule has 1 aromatic carbocycles. The third-order valence-corrected chi connectivity index (χ3v) is 5.32. The molecule has 0 unspecified atom stereocenters. The van der Waals surface area contributed by atoms with Crippen LogP contribution in [-0.2, 0) is 10.8 Å². The van der Waals surface area contributed by atoms with Gasteiger partial charge in [-0.05, 0) is 35.4 Å². The lowest BCUT2D eigenvalue weighted by atomic mass is 9.78. The maximum Gasteiger partial charge on any atom is 0.212 e. The van der Waals surface area contributed by atoms with Crippen molar-refractivity contribution < 1.29 is 5.11 Å². The summed E-state index contributed by atoms with van der Waals surface area (Å²) in [6.45, 7) is 14.6. The van der Waals surface area contributed by atoms with Gasteiger partial charge in [-0.15, -0.1) is 27.2 Å². The molecule has 0 radical (unpaired) electrons. The molecule has 1 aliphatic rings. The molecule has 5 nitrogen and oxygen atoms in total. The number of hydrogen-bond acceptors (Lipinski definition) is 5. The Bertz CT molecular complexity index is 824. The Balaban J connectivity index is 0.00000243. The highest BCUT2D eigenvalue weighted by Crippen LogP contribution is 2.40. The predicted molar refractivity (Wildman–Crippen MR) is 113 cm³/mol. The summed E-state index contributed by atoms with van der Waals surface area (Å²) in [6.07, 6.45) is 0. The quantitative estimate of drug-likeness (QED) is 0.692. The van der Waals surface area contributed by atoms with Gasteiger partial charge in [-0.25, -0.2) is 0 Å². The molecule has 0 amide bonds. The monoisotopic (exact) mass is 438 g/mol. The van der Waals surface area contributed by atoms with Crippen LogP contribution >= 0.6 is 28.7 Å². The Hall–Kier alpha value is -1.34. The Labute approximate surface area is 170 Å². The molecule has 2 heterocycles. The van der Waals surface area contributed by atoms with Gasteiger partial charge in [0.2, 0.25) is 5.16 Å². The van der Waals surface area contributed by atoms with E-state index in [1.807, 2.05) is 6.92 Å². The van der Waals surface area contributed by atoms with Gasteiger partial charge in [0.25, 0.3) is 0 Å². The summed E-state index contributed by atoms with van der Waals surface area (Å²) in [5.41, 5.74) is 3.64. The summed E-state index contributed by atoms with van der Waals surface area (Å²) < 4.78 is 1.80. The van der Waals surface area contributed by atoms with Crippen molar-refractivity contribution in [1.29, 1.82) is 0 Å². The van der Waals surface area contributed by atoms with Gasteiger partial charge in [-0.1, -0.05) is 53.3 Å². The van der Waals surface area contributed by atoms with Crippen molar-refractivity contribution in [3.8, 4) is 5.75 Å². The average Bonchev–Trinajstić information content (AvgIpc) is 2.86. The van der Waals surface area contributed by atoms with Crippen LogP contribution in [0.15, 0.2) is 22.4 Å². The second kappa shape index (κ2) is 7.00. The van der Waals surface area contributed by atoms with Gasteiger partial charge in [0.15, 0.2) is 5.82 Å². The van der Waals surface area contributed by atoms with Crippen molar-refractivity contribution in [2.75, 3.05) is 5.75 Å². The Kier molecular flexibility index (Phi) is 5.64. The molecular weight excluding hydrogens is 412 g/mol. The van der Waals surface area contributed by atoms with Crippen molar-refractivity contribution in [2.45, 2.75) is 64.5 Å². The normalized spacial score (nSPS) is 14.5. The van der Waals surface area contributed by atoms with E-state index in [9.17, 15) is 5.11 Å². The highest BCUT2D eigenvalue weighted by molar-refractivity contribution is 8.93. The zero-order valence-corrected chi connectivity index (χ0v) is 18.9. The van der Waals surface area contributed by atoms with E-state index in [4.69, 9.17) is 5.10 Å². The lowest BCUT2D eigenvalue weighted by Gasteiger charge is -2.28. The third kappa shape index (κ3) is 3.83. The third-order valence-electron chi connectivity index (χ3n) is 4.39. The zero-order chi connectivity index (χ0) is 18.6. The van der Waals surface area contributed by atoms with Crippen LogP contribution in [0.3, 0.4) is 0 Å². The van der Waals surface area contributed by atoms with Crippen LogP contribution in [0.1, 0.15) is 64.1 Å². The van der Waals surface area contributed by atoms with Crippen molar-refractivity contribution in [3.05, 3.63) is 34.6 Å². The first-order valence-corrected chi connectivity index (χ1v) is 9.48. The average molecular weight is 439 g/mol. The van der Waals surface area contributed by atoms with Crippen LogP contribution in [0, 0.1) is 6.92 Å². The molecule has 0 spiro atoms. The standard InChI is InChI=1S/C19H26N4OS.BrH/c1-11-20-21-17-23(11)22-15(10-25-17)12-8-13(18(2,3)4)16(24)14(9-12)19(5,6)7;/h8-9,24H,10H2,1-7H3;1H. The van der Waals surface area contributed by atoms with Gasteiger partial charge in [-0.2, -0.15) is 9.78 Å². The second-order valence-electron chi connectivity index (χ2n) is 8.60. The van der Waals surface area contributed by atoms with E-state index in [0.29, 0.717) is 5.75 Å². The van der Waals surface area contributed by atoms with Gasteiger partial charge in [0.1, 0.15) is 5.75 Å². The first-order valence-electron chi connectivity index (χ1n) is 8.49. The second-order valence-corrected chi connectivity index (χ2v) is 9.54. The first kappa shape index (κ1) is 21.0. The molecule has 0 atom stereocenters. The molecule has 142 valence electrons. The zero-order valence-electron chi connectivity index (χ0n) is 16.4. The SMILES string of the molecule is Br.Cc1nnc2n1N=C(c1cc(C(C)(C)C)c(O)c(C(C)(C)C)c1)CS2. The number of hydrogen-bond donors (Lipinski definition) is 1. The van der Waals surface area contributed by atoms with E-state index in [2.05, 4.69) is 63.9 Å². The molecule has 0 saturated heterocycles. The van der Waals surface area contributed by atoms with Gasteiger partial charge >= 0.3 is 0 Å². The summed E-state index contributed by atoms with van der Waals surface area (Å²) in [6, 6.07) is 4.16. The minimum Gasteiger partial charge on any atom is -0.507 e. The van der Waals surface area contributed by atoms with Gasteiger partial charge in [-0.3, -0.25) is 0 Å². The van der Waals surface area contributed by atoms with Gasteiger partial charge < -0.3 is 5.11 Å². The summed E-state index contributed by atoms with van der Waals surface area (Å²) >= 11 is 1.64. The fourth-order valence-electron chi connectivity index (χ4n) is 2.91. The van der Waals surface area contributed by atoms with Crippen molar-refractivity contribution in [2.24, 2.45) is 5.10 Å². The van der Waals surface area contributed by atoms with Crippen molar-refractivity contribution >= 4 is 34.5 Å². The van der Waals surface area contributed by atoms with Crippen LogP contribution in [0.25, 0.3) is 0 Å². The van der Waals surface area contributed by atoms with E-state index in [-0.39, 0.29) is 27.8 Å². The number of aryl methyl sites for hydroxylation is 1. The Morgan fingerprint density at radius 1 is 1.00 bits per heavy atom. The number of aromatic hydroxyl groups is 1. The van der Waals surface area contributed by atoms with Crippen LogP contribution in [0.2, 0.25) is 0 Å². The predicted octanol–water partition coefficient (Wildman–Crippen LogP) is 4.82. The van der Waals surface area contributed by atoms with Gasteiger partial charge in [0, 0.05) is 16.9 Å². The van der Waals surface area contributed by atoms with E-state index >= 15 is 0 Å². The number of phenols is 1. The number of rotatable bonds is 1. The molecule has 3 rings (SSSR count). The number of halogens is 1. The van der Waals surface area contributed by atoms with Gasteiger partial charge in [0.05, 0.1) is 5.71 Å². The highest BCUT2D eigenvalue weighted by atomic mass is 79.9. The lowest BCUT2D eigenvalue weighted by Crippen LogP contribution is -2.20. The number of benzene rings is 1. The fourth-order valence-corrected chi connectivity index (χ4v) is 3.80. The van der Waals surface area contributed by atoms with Crippen LogP contribution in [-0.4, -0.2) is 31.4 Å². The first-order chi connectivity index (χ1) is 11.5. The fraction of sp³-hybridized carbons (Fsp3) is 0.526. The van der Waals surface area contributed by atoms with Crippen LogP contribution in [0.4, 0.5) is 0 Å².